The van der Waals surface area contributed by atoms with Crippen LogP contribution in [0.25, 0.3) is 5.78 Å². The lowest BCUT2D eigenvalue weighted by Gasteiger charge is -2.18. The van der Waals surface area contributed by atoms with E-state index in [2.05, 4.69) is 20.4 Å². The summed E-state index contributed by atoms with van der Waals surface area (Å²) >= 11 is 0. The lowest BCUT2D eigenvalue weighted by molar-refractivity contribution is -0.121. The molecule has 0 saturated carbocycles. The van der Waals surface area contributed by atoms with Crippen LogP contribution in [0.5, 0.6) is 11.5 Å². The average Bonchev–Trinajstić information content (AvgIpc) is 3.15. The summed E-state index contributed by atoms with van der Waals surface area (Å²) < 4.78 is 12.4. The van der Waals surface area contributed by atoms with Crippen molar-refractivity contribution in [2.45, 2.75) is 39.7 Å². The second kappa shape index (κ2) is 8.24. The summed E-state index contributed by atoms with van der Waals surface area (Å²) in [7, 11) is 3.22. The molecule has 1 amide bonds. The Morgan fingerprint density at radius 2 is 2.04 bits per heavy atom. The lowest BCUT2D eigenvalue weighted by Crippen LogP contribution is -2.27. The van der Waals surface area contributed by atoms with Crippen LogP contribution in [-0.4, -0.2) is 39.7 Å². The molecule has 0 aliphatic carbocycles. The highest BCUT2D eigenvalue weighted by atomic mass is 16.5. The molecule has 8 nitrogen and oxygen atoms in total. The fourth-order valence-electron chi connectivity index (χ4n) is 3.32. The fourth-order valence-corrected chi connectivity index (χ4v) is 3.32. The van der Waals surface area contributed by atoms with E-state index >= 15 is 0 Å². The highest BCUT2D eigenvalue weighted by Crippen LogP contribution is 2.29. The molecule has 0 aliphatic rings. The first-order chi connectivity index (χ1) is 13.4. The van der Waals surface area contributed by atoms with Crippen LogP contribution in [0, 0.1) is 13.8 Å². The first-order valence-corrected chi connectivity index (χ1v) is 9.11. The largest absolute Gasteiger partial charge is 0.497 e. The van der Waals surface area contributed by atoms with Crippen LogP contribution in [0.3, 0.4) is 0 Å². The van der Waals surface area contributed by atoms with Crippen LogP contribution in [-0.2, 0) is 11.2 Å². The number of hydrogen-bond donors (Lipinski definition) is 1. The zero-order valence-corrected chi connectivity index (χ0v) is 16.8. The van der Waals surface area contributed by atoms with Crippen molar-refractivity contribution in [3.05, 3.63) is 47.0 Å². The number of nitrogens with one attached hydrogen (secondary N) is 1. The number of carbonyl (C=O) groups is 1. The van der Waals surface area contributed by atoms with Gasteiger partial charge in [0.25, 0.3) is 5.78 Å². The van der Waals surface area contributed by atoms with Crippen molar-refractivity contribution in [2.75, 3.05) is 14.2 Å². The molecule has 1 unspecified atom stereocenters. The Kier molecular flexibility index (Phi) is 5.77. The van der Waals surface area contributed by atoms with Crippen LogP contribution in [0.15, 0.2) is 24.5 Å². The van der Waals surface area contributed by atoms with Gasteiger partial charge in [0.1, 0.15) is 17.8 Å². The van der Waals surface area contributed by atoms with Gasteiger partial charge in [-0.25, -0.2) is 9.50 Å². The summed E-state index contributed by atoms with van der Waals surface area (Å²) in [6.45, 7) is 5.82. The van der Waals surface area contributed by atoms with Crippen molar-refractivity contribution in [3.63, 3.8) is 0 Å². The molecular weight excluding hydrogens is 358 g/mol. The first kappa shape index (κ1) is 19.6. The predicted molar refractivity (Wildman–Crippen MR) is 105 cm³/mol. The zero-order chi connectivity index (χ0) is 20.3. The van der Waals surface area contributed by atoms with Gasteiger partial charge < -0.3 is 14.8 Å². The number of rotatable bonds is 7. The van der Waals surface area contributed by atoms with Crippen molar-refractivity contribution in [2.24, 2.45) is 0 Å². The van der Waals surface area contributed by atoms with Crippen LogP contribution in [0.4, 0.5) is 0 Å². The number of aryl methyl sites for hydroxylation is 2. The quantitative estimate of drug-likeness (QED) is 0.674. The molecule has 0 bridgehead atoms. The minimum absolute atomic E-state index is 0.0464. The van der Waals surface area contributed by atoms with Crippen LogP contribution in [0.1, 0.15) is 41.9 Å². The highest BCUT2D eigenvalue weighted by molar-refractivity contribution is 5.77. The third-order valence-electron chi connectivity index (χ3n) is 4.87. The number of nitrogens with zero attached hydrogens (tertiary/aromatic N) is 4. The van der Waals surface area contributed by atoms with E-state index in [1.807, 2.05) is 39.0 Å². The van der Waals surface area contributed by atoms with E-state index in [0.29, 0.717) is 24.4 Å². The van der Waals surface area contributed by atoms with E-state index < -0.39 is 0 Å². The van der Waals surface area contributed by atoms with Crippen molar-refractivity contribution >= 4 is 11.7 Å². The summed E-state index contributed by atoms with van der Waals surface area (Å²) in [5.74, 6) is 1.95. The minimum atomic E-state index is -0.212. The number of benzene rings is 1. The minimum Gasteiger partial charge on any atom is -0.497 e. The summed E-state index contributed by atoms with van der Waals surface area (Å²) in [4.78, 5) is 21.1. The van der Waals surface area contributed by atoms with Gasteiger partial charge in [0.05, 0.1) is 20.3 Å². The van der Waals surface area contributed by atoms with E-state index in [4.69, 9.17) is 9.47 Å². The second-order valence-electron chi connectivity index (χ2n) is 6.63. The molecule has 0 saturated heterocycles. The second-order valence-corrected chi connectivity index (χ2v) is 6.63. The zero-order valence-electron chi connectivity index (χ0n) is 16.8. The summed E-state index contributed by atoms with van der Waals surface area (Å²) in [6, 6.07) is 5.33. The van der Waals surface area contributed by atoms with Gasteiger partial charge in [-0.3, -0.25) is 4.79 Å². The molecule has 3 rings (SSSR count). The lowest BCUT2D eigenvalue weighted by atomic mass is 10.0. The number of fused-ring (bicyclic) bond motifs is 1. The highest BCUT2D eigenvalue weighted by Gasteiger charge is 2.17. The molecule has 1 atom stereocenters. The van der Waals surface area contributed by atoms with Crippen molar-refractivity contribution in [3.8, 4) is 11.5 Å². The molecule has 3 aromatic rings. The number of hydrogen-bond acceptors (Lipinski definition) is 6. The molecule has 0 aliphatic heterocycles. The fraction of sp³-hybridized carbons (Fsp3) is 0.400. The van der Waals surface area contributed by atoms with Gasteiger partial charge >= 0.3 is 0 Å². The number of amides is 1. The van der Waals surface area contributed by atoms with E-state index in [1.54, 1.807) is 18.7 Å². The Bertz CT molecular complexity index is 999. The molecule has 148 valence electrons. The third kappa shape index (κ3) is 3.90. The van der Waals surface area contributed by atoms with Crippen LogP contribution >= 0.6 is 0 Å². The van der Waals surface area contributed by atoms with Gasteiger partial charge in [-0.05, 0) is 51.0 Å². The standard InChI is InChI=1S/C20H25N5O3/c1-12-16(14(3)25-20(24-12)21-11-22-25)7-9-19(26)23-13(2)17-10-15(27-4)6-8-18(17)28-5/h6,8,10-11,13H,7,9H2,1-5H3,(H,23,26). The average molecular weight is 383 g/mol. The Labute approximate surface area is 163 Å². The van der Waals surface area contributed by atoms with Crippen molar-refractivity contribution in [1.82, 2.24) is 24.9 Å². The molecule has 8 heteroatoms. The van der Waals surface area contributed by atoms with Crippen molar-refractivity contribution < 1.29 is 14.3 Å². The monoisotopic (exact) mass is 383 g/mol. The topological polar surface area (TPSA) is 90.6 Å². The number of methoxy groups -OCH3 is 2. The molecule has 1 N–H and O–H groups in total. The number of aromatic nitrogens is 4. The Balaban J connectivity index is 1.70. The molecule has 2 heterocycles. The SMILES string of the molecule is COc1ccc(OC)c(C(C)NC(=O)CCc2c(C)nc3ncnn3c2C)c1. The Hall–Kier alpha value is -3.16. The Morgan fingerprint density at radius 1 is 1.25 bits per heavy atom. The Morgan fingerprint density at radius 3 is 2.75 bits per heavy atom. The van der Waals surface area contributed by atoms with Gasteiger partial charge in [-0.1, -0.05) is 0 Å². The van der Waals surface area contributed by atoms with E-state index in [1.165, 1.54) is 6.33 Å². The molecular formula is C20H25N5O3. The van der Waals surface area contributed by atoms with Gasteiger partial charge in [-0.15, -0.1) is 0 Å². The summed E-state index contributed by atoms with van der Waals surface area (Å²) in [5, 5.41) is 7.22. The molecule has 0 fully saturated rings. The maximum Gasteiger partial charge on any atom is 0.252 e. The van der Waals surface area contributed by atoms with Crippen molar-refractivity contribution in [1.29, 1.82) is 0 Å². The number of carbonyl (C=O) groups excluding carboxylic acids is 1. The number of ether oxygens (including phenoxy) is 2. The van der Waals surface area contributed by atoms with Crippen LogP contribution < -0.4 is 14.8 Å². The van der Waals surface area contributed by atoms with E-state index in [-0.39, 0.29) is 11.9 Å². The normalized spacial score (nSPS) is 12.0. The molecule has 1 aromatic carbocycles. The molecule has 28 heavy (non-hydrogen) atoms. The smallest absolute Gasteiger partial charge is 0.252 e. The maximum absolute atomic E-state index is 12.6. The van der Waals surface area contributed by atoms with Crippen LogP contribution in [0.2, 0.25) is 0 Å². The molecule has 2 aromatic heterocycles. The van der Waals surface area contributed by atoms with Gasteiger partial charge in [0.2, 0.25) is 5.91 Å². The first-order valence-electron chi connectivity index (χ1n) is 9.11. The maximum atomic E-state index is 12.6. The van der Waals surface area contributed by atoms with Gasteiger partial charge in [-0.2, -0.15) is 10.1 Å². The van der Waals surface area contributed by atoms with E-state index in [0.717, 1.165) is 28.3 Å². The predicted octanol–water partition coefficient (Wildman–Crippen LogP) is 2.57. The summed E-state index contributed by atoms with van der Waals surface area (Å²) in [5.41, 5.74) is 3.71. The van der Waals surface area contributed by atoms with E-state index in [9.17, 15) is 4.79 Å². The molecule has 0 spiro atoms. The van der Waals surface area contributed by atoms with Gasteiger partial charge in [0, 0.05) is 23.4 Å². The summed E-state index contributed by atoms with van der Waals surface area (Å²) in [6.07, 6.45) is 2.41. The molecule has 0 radical (unpaired) electrons. The third-order valence-corrected chi connectivity index (χ3v) is 4.87. The van der Waals surface area contributed by atoms with Gasteiger partial charge in [0.15, 0.2) is 0 Å².